The molecule has 14 heavy (non-hydrogen) atoms. The van der Waals surface area contributed by atoms with Gasteiger partial charge < -0.3 is 5.32 Å². The van der Waals surface area contributed by atoms with E-state index in [4.69, 9.17) is 11.6 Å². The highest BCUT2D eigenvalue weighted by molar-refractivity contribution is 6.31. The smallest absolute Gasteiger partial charge is 0.285 e. The zero-order valence-corrected chi connectivity index (χ0v) is 8.83. The van der Waals surface area contributed by atoms with Crippen molar-refractivity contribution in [3.05, 3.63) is 34.3 Å². The lowest BCUT2D eigenvalue weighted by molar-refractivity contribution is -0.00125. The van der Waals surface area contributed by atoms with Crippen LogP contribution in [0.25, 0.3) is 0 Å². The molecule has 0 aromatic heterocycles. The molecule has 0 spiro atoms. The number of alkyl halides is 2. The van der Waals surface area contributed by atoms with E-state index in [9.17, 15) is 8.78 Å². The van der Waals surface area contributed by atoms with E-state index >= 15 is 0 Å². The summed E-state index contributed by atoms with van der Waals surface area (Å²) < 4.78 is 26.7. The minimum atomic E-state index is -2.87. The number of benzene rings is 1. The molecule has 4 heteroatoms. The van der Waals surface area contributed by atoms with Gasteiger partial charge in [0, 0.05) is 10.6 Å². The van der Waals surface area contributed by atoms with E-state index in [1.54, 1.807) is 13.0 Å². The van der Waals surface area contributed by atoms with Gasteiger partial charge in [0.2, 0.25) is 0 Å². The van der Waals surface area contributed by atoms with Gasteiger partial charge in [-0.2, -0.15) is 8.78 Å². The van der Waals surface area contributed by atoms with Crippen molar-refractivity contribution < 1.29 is 8.78 Å². The van der Waals surface area contributed by atoms with Gasteiger partial charge in [-0.3, -0.25) is 0 Å². The van der Waals surface area contributed by atoms with Gasteiger partial charge in [0.1, 0.15) is 0 Å². The highest BCUT2D eigenvalue weighted by atomic mass is 35.5. The largest absolute Gasteiger partial charge is 0.314 e. The molecule has 1 aromatic rings. The quantitative estimate of drug-likeness (QED) is 0.824. The molecule has 0 fully saturated rings. The highest BCUT2D eigenvalue weighted by Gasteiger charge is 2.30. The van der Waals surface area contributed by atoms with E-state index in [0.717, 1.165) is 5.56 Å². The molecular formula is C10H12ClF2N. The molecule has 0 unspecified atom stereocenters. The average Bonchev–Trinajstić information content (AvgIpc) is 2.09. The maximum Gasteiger partial charge on any atom is 0.285 e. The third kappa shape index (κ3) is 2.42. The predicted molar refractivity (Wildman–Crippen MR) is 54.0 cm³/mol. The zero-order valence-electron chi connectivity index (χ0n) is 8.07. The summed E-state index contributed by atoms with van der Waals surface area (Å²) in [6.07, 6.45) is 0. The Hall–Kier alpha value is -0.670. The second-order valence-corrected chi connectivity index (χ2v) is 3.61. The highest BCUT2D eigenvalue weighted by Crippen LogP contribution is 2.30. The molecule has 0 atom stereocenters. The summed E-state index contributed by atoms with van der Waals surface area (Å²) >= 11 is 5.77. The fourth-order valence-electron chi connectivity index (χ4n) is 1.14. The van der Waals surface area contributed by atoms with Crippen molar-refractivity contribution in [1.29, 1.82) is 0 Å². The summed E-state index contributed by atoms with van der Waals surface area (Å²) in [4.78, 5) is 0. The Morgan fingerprint density at radius 3 is 2.57 bits per heavy atom. The van der Waals surface area contributed by atoms with E-state index in [0.29, 0.717) is 5.02 Å². The molecule has 1 N–H and O–H groups in total. The van der Waals surface area contributed by atoms with Crippen LogP contribution in [0.1, 0.15) is 11.1 Å². The van der Waals surface area contributed by atoms with Crippen molar-refractivity contribution in [2.75, 3.05) is 13.6 Å². The summed E-state index contributed by atoms with van der Waals surface area (Å²) in [6, 6.07) is 4.31. The van der Waals surface area contributed by atoms with Crippen LogP contribution in [0, 0.1) is 6.92 Å². The zero-order chi connectivity index (χ0) is 10.8. The first-order valence-electron chi connectivity index (χ1n) is 4.26. The van der Waals surface area contributed by atoms with Crippen molar-refractivity contribution in [1.82, 2.24) is 5.32 Å². The number of hydrogen-bond donors (Lipinski definition) is 1. The van der Waals surface area contributed by atoms with Gasteiger partial charge in [-0.15, -0.1) is 0 Å². The van der Waals surface area contributed by atoms with Crippen molar-refractivity contribution in [3.8, 4) is 0 Å². The standard InChI is InChI=1S/C10H12ClF2N/c1-7-3-4-8(5-9(7)11)10(12,13)6-14-2/h3-5,14H,6H2,1-2H3. The van der Waals surface area contributed by atoms with E-state index in [1.165, 1.54) is 19.2 Å². The molecule has 1 aromatic carbocycles. The van der Waals surface area contributed by atoms with Crippen LogP contribution in [0.3, 0.4) is 0 Å². The molecule has 0 aliphatic rings. The molecule has 0 bridgehead atoms. The summed E-state index contributed by atoms with van der Waals surface area (Å²) in [5, 5.41) is 2.82. The van der Waals surface area contributed by atoms with Gasteiger partial charge in [-0.05, 0) is 25.6 Å². The summed E-state index contributed by atoms with van der Waals surface area (Å²) in [5.74, 6) is -2.87. The lowest BCUT2D eigenvalue weighted by Crippen LogP contribution is -2.28. The Labute approximate surface area is 87.1 Å². The van der Waals surface area contributed by atoms with Crippen LogP contribution >= 0.6 is 11.6 Å². The minimum Gasteiger partial charge on any atom is -0.314 e. The molecule has 0 aliphatic carbocycles. The molecule has 78 valence electrons. The van der Waals surface area contributed by atoms with Crippen LogP contribution in [0.2, 0.25) is 5.02 Å². The predicted octanol–water partition coefficient (Wildman–Crippen LogP) is 2.96. The molecule has 1 nitrogen and oxygen atoms in total. The summed E-state index contributed by atoms with van der Waals surface area (Å²) in [5.41, 5.74) is 0.748. The van der Waals surface area contributed by atoms with Crippen LogP contribution in [0.4, 0.5) is 8.78 Å². The number of halogens is 3. The third-order valence-corrected chi connectivity index (χ3v) is 2.40. The van der Waals surface area contributed by atoms with Gasteiger partial charge >= 0.3 is 0 Å². The first-order valence-corrected chi connectivity index (χ1v) is 4.64. The fraction of sp³-hybridized carbons (Fsp3) is 0.400. The van der Waals surface area contributed by atoms with E-state index in [-0.39, 0.29) is 12.1 Å². The topological polar surface area (TPSA) is 12.0 Å². The normalized spacial score (nSPS) is 11.8. The van der Waals surface area contributed by atoms with Crippen LogP contribution in [0.15, 0.2) is 18.2 Å². The van der Waals surface area contributed by atoms with Crippen molar-refractivity contribution >= 4 is 11.6 Å². The molecule has 0 saturated heterocycles. The fourth-order valence-corrected chi connectivity index (χ4v) is 1.32. The Kier molecular flexibility index (Phi) is 3.45. The monoisotopic (exact) mass is 219 g/mol. The second kappa shape index (κ2) is 4.24. The van der Waals surface area contributed by atoms with Crippen LogP contribution < -0.4 is 5.32 Å². The van der Waals surface area contributed by atoms with Crippen LogP contribution in [-0.4, -0.2) is 13.6 Å². The Balaban J connectivity index is 3.01. The Morgan fingerprint density at radius 2 is 2.07 bits per heavy atom. The minimum absolute atomic E-state index is 0.0533. The number of nitrogens with one attached hydrogen (secondary N) is 1. The van der Waals surface area contributed by atoms with Gasteiger partial charge in [0.25, 0.3) is 5.92 Å². The number of hydrogen-bond acceptors (Lipinski definition) is 1. The van der Waals surface area contributed by atoms with Gasteiger partial charge in [-0.25, -0.2) is 0 Å². The summed E-state index contributed by atoms with van der Waals surface area (Å²) in [7, 11) is 1.49. The molecule has 0 heterocycles. The lowest BCUT2D eigenvalue weighted by Gasteiger charge is -2.16. The number of rotatable bonds is 3. The van der Waals surface area contributed by atoms with E-state index < -0.39 is 5.92 Å². The van der Waals surface area contributed by atoms with Crippen LogP contribution in [-0.2, 0) is 5.92 Å². The summed E-state index contributed by atoms with van der Waals surface area (Å²) in [6.45, 7) is 1.40. The number of aryl methyl sites for hydroxylation is 1. The SMILES string of the molecule is CNCC(F)(F)c1ccc(C)c(Cl)c1. The molecular weight excluding hydrogens is 208 g/mol. The van der Waals surface area contributed by atoms with Gasteiger partial charge in [-0.1, -0.05) is 23.7 Å². The van der Waals surface area contributed by atoms with Crippen LogP contribution in [0.5, 0.6) is 0 Å². The molecule has 0 radical (unpaired) electrons. The first kappa shape index (κ1) is 11.4. The van der Waals surface area contributed by atoms with Crippen molar-refractivity contribution in [2.24, 2.45) is 0 Å². The Morgan fingerprint density at radius 1 is 1.43 bits per heavy atom. The van der Waals surface area contributed by atoms with Crippen molar-refractivity contribution in [2.45, 2.75) is 12.8 Å². The Bertz CT molecular complexity index is 326. The first-order chi connectivity index (χ1) is 6.47. The number of likely N-dealkylation sites (N-methyl/N-ethyl adjacent to an activating group) is 1. The average molecular weight is 220 g/mol. The maximum atomic E-state index is 13.3. The van der Waals surface area contributed by atoms with Crippen molar-refractivity contribution in [3.63, 3.8) is 0 Å². The molecule has 1 rings (SSSR count). The van der Waals surface area contributed by atoms with Gasteiger partial charge in [0.15, 0.2) is 0 Å². The molecule has 0 aliphatic heterocycles. The second-order valence-electron chi connectivity index (χ2n) is 3.20. The molecule has 0 saturated carbocycles. The lowest BCUT2D eigenvalue weighted by atomic mass is 10.1. The third-order valence-electron chi connectivity index (χ3n) is 1.99. The van der Waals surface area contributed by atoms with E-state index in [1.807, 2.05) is 0 Å². The molecule has 0 amide bonds. The maximum absolute atomic E-state index is 13.3. The van der Waals surface area contributed by atoms with Gasteiger partial charge in [0.05, 0.1) is 6.54 Å². The van der Waals surface area contributed by atoms with E-state index in [2.05, 4.69) is 5.32 Å².